The van der Waals surface area contributed by atoms with Crippen molar-refractivity contribution in [2.24, 2.45) is 0 Å². The molecule has 0 radical (unpaired) electrons. The number of aliphatic hydroxyl groups excluding tert-OH is 2. The molecule has 0 bridgehead atoms. The smallest absolute Gasteiger partial charge is 0.192 e. The molecule has 0 saturated carbocycles. The maximum absolute atomic E-state index is 11.5. The third kappa shape index (κ3) is 7.97. The van der Waals surface area contributed by atoms with Crippen LogP contribution in [0.25, 0.3) is 0 Å². The number of carbonyl (C=O) groups is 1. The van der Waals surface area contributed by atoms with Gasteiger partial charge in [-0.15, -0.1) is 0 Å². The molecular formula is C38H58O5. The molecule has 2 aromatic rings. The summed E-state index contributed by atoms with van der Waals surface area (Å²) in [5, 5.41) is 16.0. The summed E-state index contributed by atoms with van der Waals surface area (Å²) < 4.78 is 12.0. The molecule has 2 aliphatic carbocycles. The van der Waals surface area contributed by atoms with Gasteiger partial charge in [0.05, 0.1) is 25.4 Å². The summed E-state index contributed by atoms with van der Waals surface area (Å²) in [4.78, 5) is 11.5. The molecule has 3 aliphatic rings. The first-order valence-corrected chi connectivity index (χ1v) is 16.1. The highest BCUT2D eigenvalue weighted by atomic mass is 16.7. The van der Waals surface area contributed by atoms with Crippen LogP contribution >= 0.6 is 0 Å². The van der Waals surface area contributed by atoms with Gasteiger partial charge in [-0.1, -0.05) is 79.7 Å². The first kappa shape index (κ1) is 35.4. The predicted molar refractivity (Wildman–Crippen MR) is 176 cm³/mol. The molecule has 5 rings (SSSR count). The second-order valence-electron chi connectivity index (χ2n) is 15.8. The SMILES string of the molecule is CC(=O)c1ccc2c(c1)C(C)(C)CCC2(C)C.C[C@H](O)CO.C[C@H]1COC(C)(c2ccc3c(c2)C(C)(C)CCC3(C)C)O1. The highest BCUT2D eigenvalue weighted by Gasteiger charge is 2.41. The highest BCUT2D eigenvalue weighted by molar-refractivity contribution is 5.94. The Bertz CT molecular complexity index is 1290. The van der Waals surface area contributed by atoms with Crippen LogP contribution in [0.15, 0.2) is 36.4 Å². The van der Waals surface area contributed by atoms with Crippen LogP contribution in [0.4, 0.5) is 0 Å². The molecule has 43 heavy (non-hydrogen) atoms. The van der Waals surface area contributed by atoms with Crippen LogP contribution in [0.5, 0.6) is 0 Å². The van der Waals surface area contributed by atoms with Crippen molar-refractivity contribution < 1.29 is 24.5 Å². The van der Waals surface area contributed by atoms with E-state index in [-0.39, 0.29) is 40.2 Å². The largest absolute Gasteiger partial charge is 0.394 e. The van der Waals surface area contributed by atoms with E-state index in [1.165, 1.54) is 54.9 Å². The van der Waals surface area contributed by atoms with E-state index in [0.717, 1.165) is 11.1 Å². The normalized spacial score (nSPS) is 26.4. The van der Waals surface area contributed by atoms with E-state index < -0.39 is 11.9 Å². The second-order valence-corrected chi connectivity index (χ2v) is 15.8. The zero-order valence-corrected chi connectivity index (χ0v) is 29.0. The number of fused-ring (bicyclic) bond motifs is 2. The van der Waals surface area contributed by atoms with Gasteiger partial charge in [-0.25, -0.2) is 0 Å². The lowest BCUT2D eigenvalue weighted by Gasteiger charge is -2.42. The number of hydrogen-bond donors (Lipinski definition) is 2. The molecule has 1 saturated heterocycles. The predicted octanol–water partition coefficient (Wildman–Crippen LogP) is 8.24. The number of aliphatic hydroxyl groups is 2. The van der Waals surface area contributed by atoms with Gasteiger partial charge >= 0.3 is 0 Å². The fraction of sp³-hybridized carbons (Fsp3) is 0.658. The van der Waals surface area contributed by atoms with Crippen molar-refractivity contribution in [1.29, 1.82) is 0 Å². The van der Waals surface area contributed by atoms with Gasteiger partial charge in [-0.3, -0.25) is 4.79 Å². The van der Waals surface area contributed by atoms with E-state index in [9.17, 15) is 4.79 Å². The van der Waals surface area contributed by atoms with E-state index in [4.69, 9.17) is 19.7 Å². The monoisotopic (exact) mass is 594 g/mol. The van der Waals surface area contributed by atoms with E-state index in [2.05, 4.69) is 92.6 Å². The molecule has 0 amide bonds. The maximum Gasteiger partial charge on any atom is 0.192 e. The van der Waals surface area contributed by atoms with Crippen molar-refractivity contribution >= 4 is 5.78 Å². The molecule has 0 spiro atoms. The molecule has 2 N–H and O–H groups in total. The molecule has 2 aromatic carbocycles. The molecule has 240 valence electrons. The minimum Gasteiger partial charge on any atom is -0.394 e. The zero-order chi connectivity index (χ0) is 32.6. The second kappa shape index (κ2) is 12.7. The van der Waals surface area contributed by atoms with Crippen LogP contribution in [0.3, 0.4) is 0 Å². The molecule has 5 nitrogen and oxygen atoms in total. The van der Waals surface area contributed by atoms with Gasteiger partial charge in [0.2, 0.25) is 0 Å². The van der Waals surface area contributed by atoms with Gasteiger partial charge < -0.3 is 19.7 Å². The van der Waals surface area contributed by atoms with Gasteiger partial charge in [-0.05, 0) is 109 Å². The minimum atomic E-state index is -0.591. The summed E-state index contributed by atoms with van der Waals surface area (Å²) in [7, 11) is 0. The van der Waals surface area contributed by atoms with Gasteiger partial charge in [0.1, 0.15) is 0 Å². The average molecular weight is 595 g/mol. The van der Waals surface area contributed by atoms with E-state index in [1.807, 2.05) is 13.0 Å². The number of carbonyl (C=O) groups excluding carboxylic acids is 1. The molecule has 3 atom stereocenters. The molecule has 1 unspecified atom stereocenters. The topological polar surface area (TPSA) is 76.0 Å². The summed E-state index contributed by atoms with van der Waals surface area (Å²) in [6.45, 7) is 26.4. The highest BCUT2D eigenvalue weighted by Crippen LogP contribution is 2.48. The molecule has 1 fully saturated rings. The fourth-order valence-electron chi connectivity index (χ4n) is 6.56. The Hall–Kier alpha value is -2.05. The molecule has 0 aromatic heterocycles. The lowest BCUT2D eigenvalue weighted by atomic mass is 9.63. The van der Waals surface area contributed by atoms with E-state index >= 15 is 0 Å². The molecular weight excluding hydrogens is 536 g/mol. The lowest BCUT2D eigenvalue weighted by Crippen LogP contribution is -2.35. The lowest BCUT2D eigenvalue weighted by molar-refractivity contribution is -0.159. The van der Waals surface area contributed by atoms with Crippen molar-refractivity contribution in [2.75, 3.05) is 13.2 Å². The third-order valence-corrected chi connectivity index (χ3v) is 9.92. The Morgan fingerprint density at radius 1 is 0.791 bits per heavy atom. The number of benzene rings is 2. The van der Waals surface area contributed by atoms with Gasteiger partial charge in [0, 0.05) is 11.1 Å². The maximum atomic E-state index is 11.5. The first-order chi connectivity index (χ1) is 19.6. The van der Waals surface area contributed by atoms with Crippen molar-refractivity contribution in [3.8, 4) is 0 Å². The minimum absolute atomic E-state index is 0.139. The van der Waals surface area contributed by atoms with Crippen molar-refractivity contribution in [2.45, 2.75) is 148 Å². The van der Waals surface area contributed by atoms with Crippen LogP contribution in [0.1, 0.15) is 147 Å². The molecule has 5 heteroatoms. The standard InChI is InChI=1S/C19H28O2.C16H22O.C3H8O2/c1-13-12-20-19(6,21-13)14-7-8-15-16(11-14)18(4,5)10-9-17(15,2)3;1-11(17)12-6-7-13-14(10-12)16(4,5)9-8-15(13,2)3;1-3(5)2-4/h7-8,11,13H,9-10,12H2,1-6H3;6-7,10H,8-9H2,1-5H3;3-5H,2H2,1H3/t13-,19?;;3-/m0.0/s1. The Labute approximate surface area is 261 Å². The van der Waals surface area contributed by atoms with Crippen molar-refractivity contribution in [1.82, 2.24) is 0 Å². The van der Waals surface area contributed by atoms with E-state index in [0.29, 0.717) is 6.61 Å². The van der Waals surface area contributed by atoms with Crippen LogP contribution < -0.4 is 0 Å². The zero-order valence-electron chi connectivity index (χ0n) is 29.0. The fourth-order valence-corrected chi connectivity index (χ4v) is 6.56. The third-order valence-electron chi connectivity index (χ3n) is 9.92. The number of hydrogen-bond acceptors (Lipinski definition) is 5. The van der Waals surface area contributed by atoms with Crippen LogP contribution in [-0.2, 0) is 36.9 Å². The average Bonchev–Trinajstić information content (AvgIpc) is 3.29. The Morgan fingerprint density at radius 3 is 1.60 bits per heavy atom. The number of ether oxygens (including phenoxy) is 2. The van der Waals surface area contributed by atoms with Gasteiger partial charge in [0.15, 0.2) is 11.6 Å². The van der Waals surface area contributed by atoms with Crippen molar-refractivity contribution in [3.63, 3.8) is 0 Å². The van der Waals surface area contributed by atoms with Crippen LogP contribution in [0.2, 0.25) is 0 Å². The Balaban J connectivity index is 0.000000207. The van der Waals surface area contributed by atoms with Crippen LogP contribution in [0, 0.1) is 0 Å². The summed E-state index contributed by atoms with van der Waals surface area (Å²) in [6.07, 6.45) is 4.48. The van der Waals surface area contributed by atoms with E-state index in [1.54, 1.807) is 6.92 Å². The summed E-state index contributed by atoms with van der Waals surface area (Å²) >= 11 is 0. The summed E-state index contributed by atoms with van der Waals surface area (Å²) in [5.41, 5.74) is 8.62. The number of rotatable bonds is 3. The van der Waals surface area contributed by atoms with Crippen molar-refractivity contribution in [3.05, 3.63) is 69.8 Å². The first-order valence-electron chi connectivity index (χ1n) is 16.1. The number of Topliss-reactive ketones (excluding diaryl/α,β-unsaturated/α-hetero) is 1. The Kier molecular flexibility index (Phi) is 10.5. The van der Waals surface area contributed by atoms with Gasteiger partial charge in [-0.2, -0.15) is 0 Å². The quantitative estimate of drug-likeness (QED) is 0.350. The number of ketones is 1. The Morgan fingerprint density at radius 2 is 1.21 bits per heavy atom. The molecule has 1 aliphatic heterocycles. The van der Waals surface area contributed by atoms with Crippen LogP contribution in [-0.4, -0.2) is 41.4 Å². The summed E-state index contributed by atoms with van der Waals surface area (Å²) in [6, 6.07) is 13.1. The van der Waals surface area contributed by atoms with Gasteiger partial charge in [0.25, 0.3) is 0 Å². The molecule has 1 heterocycles. The summed E-state index contributed by atoms with van der Waals surface area (Å²) in [5.74, 6) is -0.432.